The van der Waals surface area contributed by atoms with E-state index in [9.17, 15) is 9.18 Å². The summed E-state index contributed by atoms with van der Waals surface area (Å²) >= 11 is 0. The fourth-order valence-corrected chi connectivity index (χ4v) is 3.08. The third kappa shape index (κ3) is 3.59. The van der Waals surface area contributed by atoms with E-state index in [4.69, 9.17) is 5.73 Å². The Balaban J connectivity index is 1.67. The Hall–Kier alpha value is -2.21. The number of carbonyl (C=O) groups excluding carboxylic acids is 1. The Labute approximate surface area is 134 Å². The number of benzene rings is 1. The first-order valence-electron chi connectivity index (χ1n) is 7.89. The monoisotopic (exact) mass is 316 g/mol. The highest BCUT2D eigenvalue weighted by atomic mass is 19.1. The molecule has 2 aromatic rings. The van der Waals surface area contributed by atoms with Crippen molar-refractivity contribution in [2.45, 2.75) is 38.6 Å². The summed E-state index contributed by atoms with van der Waals surface area (Å²) in [6.45, 7) is 1.89. The largest absolute Gasteiger partial charge is 0.327 e. The van der Waals surface area contributed by atoms with Gasteiger partial charge in [-0.25, -0.2) is 9.07 Å². The van der Waals surface area contributed by atoms with Crippen LogP contribution in [0.15, 0.2) is 30.6 Å². The number of aromatic nitrogens is 2. The topological polar surface area (TPSA) is 72.9 Å². The van der Waals surface area contributed by atoms with Crippen molar-refractivity contribution in [1.29, 1.82) is 0 Å². The highest BCUT2D eigenvalue weighted by molar-refractivity contribution is 5.91. The van der Waals surface area contributed by atoms with Crippen molar-refractivity contribution in [3.8, 4) is 5.69 Å². The number of aryl methyl sites for hydroxylation is 1. The molecule has 0 unspecified atom stereocenters. The van der Waals surface area contributed by atoms with Crippen LogP contribution in [0.5, 0.6) is 0 Å². The molecule has 23 heavy (non-hydrogen) atoms. The summed E-state index contributed by atoms with van der Waals surface area (Å²) in [5, 5.41) is 6.84. The van der Waals surface area contributed by atoms with Gasteiger partial charge in [-0.3, -0.25) is 4.79 Å². The van der Waals surface area contributed by atoms with Crippen LogP contribution in [0.4, 0.5) is 10.1 Å². The maximum atomic E-state index is 14.2. The smallest absolute Gasteiger partial charge is 0.224 e. The number of anilines is 1. The van der Waals surface area contributed by atoms with Crippen molar-refractivity contribution >= 4 is 11.6 Å². The van der Waals surface area contributed by atoms with Gasteiger partial charge in [0, 0.05) is 24.3 Å². The van der Waals surface area contributed by atoms with Crippen molar-refractivity contribution in [2.75, 3.05) is 5.32 Å². The first-order valence-corrected chi connectivity index (χ1v) is 7.89. The van der Waals surface area contributed by atoms with Gasteiger partial charge in [0.2, 0.25) is 5.91 Å². The van der Waals surface area contributed by atoms with Gasteiger partial charge in [-0.1, -0.05) is 6.42 Å². The lowest BCUT2D eigenvalue weighted by atomic mass is 10.00. The molecule has 1 saturated carbocycles. The van der Waals surface area contributed by atoms with Gasteiger partial charge in [-0.15, -0.1) is 0 Å². The number of rotatable bonds is 4. The van der Waals surface area contributed by atoms with Gasteiger partial charge in [-0.2, -0.15) is 5.10 Å². The van der Waals surface area contributed by atoms with Crippen LogP contribution < -0.4 is 11.1 Å². The second kappa shape index (κ2) is 6.50. The van der Waals surface area contributed by atoms with Crippen LogP contribution >= 0.6 is 0 Å². The van der Waals surface area contributed by atoms with Gasteiger partial charge in [0.05, 0.1) is 6.20 Å². The SMILES string of the molecule is Cc1cnn(-c2ccc(NC(=O)C[C@@H]3CCC[C@H]3N)cc2F)c1. The fourth-order valence-electron chi connectivity index (χ4n) is 3.08. The quantitative estimate of drug-likeness (QED) is 0.911. The van der Waals surface area contributed by atoms with Gasteiger partial charge in [-0.05, 0) is 49.4 Å². The summed E-state index contributed by atoms with van der Waals surface area (Å²) in [5.41, 5.74) is 7.74. The van der Waals surface area contributed by atoms with E-state index in [1.165, 1.54) is 10.7 Å². The van der Waals surface area contributed by atoms with E-state index in [-0.39, 0.29) is 17.9 Å². The Morgan fingerprint density at radius 2 is 2.30 bits per heavy atom. The van der Waals surface area contributed by atoms with E-state index in [0.29, 0.717) is 17.8 Å². The third-order valence-electron chi connectivity index (χ3n) is 4.36. The molecular formula is C17H21FN4O. The van der Waals surface area contributed by atoms with Crippen molar-refractivity contribution < 1.29 is 9.18 Å². The second-order valence-corrected chi connectivity index (χ2v) is 6.24. The number of hydrogen-bond acceptors (Lipinski definition) is 3. The minimum Gasteiger partial charge on any atom is -0.327 e. The predicted molar refractivity (Wildman–Crippen MR) is 86.8 cm³/mol. The lowest BCUT2D eigenvalue weighted by Crippen LogP contribution is -2.28. The first-order chi connectivity index (χ1) is 11.0. The van der Waals surface area contributed by atoms with Crippen LogP contribution in [0.2, 0.25) is 0 Å². The van der Waals surface area contributed by atoms with Gasteiger partial charge in [0.1, 0.15) is 5.69 Å². The van der Waals surface area contributed by atoms with Crippen molar-refractivity contribution in [3.63, 3.8) is 0 Å². The lowest BCUT2D eigenvalue weighted by Gasteiger charge is -2.15. The molecule has 0 aliphatic heterocycles. The maximum Gasteiger partial charge on any atom is 0.224 e. The molecule has 2 atom stereocenters. The van der Waals surface area contributed by atoms with Gasteiger partial charge in [0.15, 0.2) is 5.82 Å². The number of hydrogen-bond donors (Lipinski definition) is 2. The number of nitrogens with one attached hydrogen (secondary N) is 1. The zero-order valence-electron chi connectivity index (χ0n) is 13.1. The Morgan fingerprint density at radius 3 is 2.91 bits per heavy atom. The van der Waals surface area contributed by atoms with E-state index in [1.54, 1.807) is 24.5 Å². The van der Waals surface area contributed by atoms with E-state index in [2.05, 4.69) is 10.4 Å². The van der Waals surface area contributed by atoms with E-state index in [1.807, 2.05) is 6.92 Å². The Bertz CT molecular complexity index is 712. The van der Waals surface area contributed by atoms with Crippen molar-refractivity contribution in [1.82, 2.24) is 9.78 Å². The molecule has 1 heterocycles. The maximum absolute atomic E-state index is 14.2. The molecule has 0 spiro atoms. The predicted octanol–water partition coefficient (Wildman–Crippen LogP) is 2.78. The molecule has 122 valence electrons. The van der Waals surface area contributed by atoms with Gasteiger partial charge in [0.25, 0.3) is 0 Å². The number of nitrogens with zero attached hydrogens (tertiary/aromatic N) is 2. The third-order valence-corrected chi connectivity index (χ3v) is 4.36. The number of amides is 1. The fraction of sp³-hybridized carbons (Fsp3) is 0.412. The van der Waals surface area contributed by atoms with Crippen molar-refractivity contribution in [2.24, 2.45) is 11.7 Å². The number of nitrogens with two attached hydrogens (primary N) is 1. The zero-order chi connectivity index (χ0) is 16.4. The molecule has 1 aromatic heterocycles. The highest BCUT2D eigenvalue weighted by Crippen LogP contribution is 2.27. The molecule has 6 heteroatoms. The Morgan fingerprint density at radius 1 is 1.48 bits per heavy atom. The molecule has 3 rings (SSSR count). The summed E-state index contributed by atoms with van der Waals surface area (Å²) in [6.07, 6.45) is 6.85. The van der Waals surface area contributed by atoms with E-state index < -0.39 is 5.82 Å². The molecule has 0 saturated heterocycles. The minimum atomic E-state index is -0.427. The van der Waals surface area contributed by atoms with E-state index >= 15 is 0 Å². The standard InChI is InChI=1S/C17H21FN4O/c1-11-9-20-22(10-11)16-6-5-13(8-14(16)18)21-17(23)7-12-3-2-4-15(12)19/h5-6,8-10,12,15H,2-4,7,19H2,1H3,(H,21,23)/t12-,15+/m0/s1. The molecule has 1 fully saturated rings. The van der Waals surface area contributed by atoms with E-state index in [0.717, 1.165) is 24.8 Å². The lowest BCUT2D eigenvalue weighted by molar-refractivity contribution is -0.117. The summed E-state index contributed by atoms with van der Waals surface area (Å²) in [5.74, 6) is -0.316. The summed E-state index contributed by atoms with van der Waals surface area (Å²) in [7, 11) is 0. The highest BCUT2D eigenvalue weighted by Gasteiger charge is 2.26. The average Bonchev–Trinajstić information content (AvgIpc) is 3.08. The van der Waals surface area contributed by atoms with Crippen LogP contribution in [-0.2, 0) is 4.79 Å². The molecule has 0 bridgehead atoms. The van der Waals surface area contributed by atoms with Crippen LogP contribution in [-0.4, -0.2) is 21.7 Å². The molecule has 1 amide bonds. The van der Waals surface area contributed by atoms with Gasteiger partial charge < -0.3 is 11.1 Å². The molecule has 0 radical (unpaired) electrons. The Kier molecular flexibility index (Phi) is 4.43. The molecule has 1 aliphatic rings. The molecule has 5 nitrogen and oxygen atoms in total. The van der Waals surface area contributed by atoms with Gasteiger partial charge >= 0.3 is 0 Å². The van der Waals surface area contributed by atoms with Crippen LogP contribution in [0, 0.1) is 18.7 Å². The first kappa shape index (κ1) is 15.7. The molecular weight excluding hydrogens is 295 g/mol. The molecule has 1 aromatic carbocycles. The summed E-state index contributed by atoms with van der Waals surface area (Å²) in [6, 6.07) is 4.71. The van der Waals surface area contributed by atoms with Crippen LogP contribution in [0.1, 0.15) is 31.2 Å². The normalized spacial score (nSPS) is 20.7. The number of halogens is 1. The number of carbonyl (C=O) groups is 1. The van der Waals surface area contributed by atoms with Crippen molar-refractivity contribution in [3.05, 3.63) is 42.0 Å². The minimum absolute atomic E-state index is 0.0999. The average molecular weight is 316 g/mol. The molecule has 3 N–H and O–H groups in total. The van der Waals surface area contributed by atoms with Crippen LogP contribution in [0.25, 0.3) is 5.69 Å². The zero-order valence-corrected chi connectivity index (χ0v) is 13.1. The van der Waals surface area contributed by atoms with Crippen LogP contribution in [0.3, 0.4) is 0 Å². The molecule has 1 aliphatic carbocycles. The summed E-state index contributed by atoms with van der Waals surface area (Å²) < 4.78 is 15.7. The second-order valence-electron chi connectivity index (χ2n) is 6.24. The summed E-state index contributed by atoms with van der Waals surface area (Å²) in [4.78, 5) is 12.1.